The molecule has 21 rings (SSSR count). The monoisotopic (exact) mass is 1450 g/mol. The second-order valence-electron chi connectivity index (χ2n) is 30.7. The van der Waals surface area contributed by atoms with Crippen LogP contribution in [-0.4, -0.2) is 19.9 Å². The van der Waals surface area contributed by atoms with E-state index < -0.39 is 5.41 Å². The van der Waals surface area contributed by atoms with Crippen molar-refractivity contribution in [2.75, 3.05) is 0 Å². The molecular formula is C110H74N4. The summed E-state index contributed by atoms with van der Waals surface area (Å²) in [4.78, 5) is 21.6. The Labute approximate surface area is 664 Å². The predicted molar refractivity (Wildman–Crippen MR) is 473 cm³/mol. The lowest BCUT2D eigenvalue weighted by Crippen LogP contribution is -2.28. The SMILES string of the molecule is CC1(C)c2ccccc2-c2cc(-c3cccc4ccccc34)c(-c3ccc(-c4cccc(-c5cc(-c6cccc(-c7cccc(-c8nc(-c9ccccc9)cc(-c9ccc(-c%10cc%11c(cc%10-c%10cccc%12ccccc%10%12)-c%10ccccc%10C%11(c%10ccccc%10)c%10ccccc%10)cc9)n8)c7)c6)nc(-c6ccccc6)n5)c4)cc3)cc21. The zero-order valence-corrected chi connectivity index (χ0v) is 63.0. The maximum absolute atomic E-state index is 5.49. The van der Waals surface area contributed by atoms with Gasteiger partial charge in [-0.3, -0.25) is 0 Å². The Balaban J connectivity index is 0.626. The van der Waals surface area contributed by atoms with Crippen molar-refractivity contribution in [3.05, 3.63) is 446 Å². The Morgan fingerprint density at radius 3 is 1.04 bits per heavy atom. The minimum atomic E-state index is -0.574. The van der Waals surface area contributed by atoms with Crippen LogP contribution in [-0.2, 0) is 10.8 Å². The minimum Gasteiger partial charge on any atom is -0.228 e. The number of benzene rings is 17. The Morgan fingerprint density at radius 1 is 0.175 bits per heavy atom. The smallest absolute Gasteiger partial charge is 0.160 e. The van der Waals surface area contributed by atoms with E-state index in [0.717, 1.165) is 89.5 Å². The molecule has 114 heavy (non-hydrogen) atoms. The summed E-state index contributed by atoms with van der Waals surface area (Å²) in [6.45, 7) is 4.73. The summed E-state index contributed by atoms with van der Waals surface area (Å²) in [6, 6.07) is 150. The molecule has 0 bridgehead atoms. The van der Waals surface area contributed by atoms with Crippen molar-refractivity contribution in [1.29, 1.82) is 0 Å². The molecule has 17 aromatic carbocycles. The summed E-state index contributed by atoms with van der Waals surface area (Å²) in [5.74, 6) is 1.29. The topological polar surface area (TPSA) is 51.6 Å². The second kappa shape index (κ2) is 27.8. The zero-order valence-electron chi connectivity index (χ0n) is 63.0. The predicted octanol–water partition coefficient (Wildman–Crippen LogP) is 28.2. The number of rotatable bonds is 14. The Morgan fingerprint density at radius 2 is 0.509 bits per heavy atom. The average molecular weight is 1450 g/mol. The third-order valence-corrected chi connectivity index (χ3v) is 23.8. The molecule has 2 aromatic heterocycles. The van der Waals surface area contributed by atoms with E-state index in [1.165, 1.54) is 111 Å². The molecule has 2 heterocycles. The van der Waals surface area contributed by atoms with Crippen LogP contribution in [0.4, 0.5) is 0 Å². The van der Waals surface area contributed by atoms with Gasteiger partial charge >= 0.3 is 0 Å². The van der Waals surface area contributed by atoms with Crippen molar-refractivity contribution in [2.45, 2.75) is 24.7 Å². The molecule has 0 amide bonds. The lowest BCUT2D eigenvalue weighted by molar-refractivity contribution is 0.660. The first-order chi connectivity index (χ1) is 56.2. The highest BCUT2D eigenvalue weighted by Crippen LogP contribution is 2.59. The number of hydrogen-bond donors (Lipinski definition) is 0. The van der Waals surface area contributed by atoms with E-state index >= 15 is 0 Å². The number of nitrogens with zero attached hydrogens (tertiary/aromatic N) is 4. The van der Waals surface area contributed by atoms with E-state index in [2.05, 4.69) is 408 Å². The molecule has 0 fully saturated rings. The van der Waals surface area contributed by atoms with Crippen LogP contribution >= 0.6 is 0 Å². The normalized spacial score (nSPS) is 12.8. The molecule has 0 unspecified atom stereocenters. The van der Waals surface area contributed by atoms with Gasteiger partial charge in [0.2, 0.25) is 0 Å². The first-order valence-electron chi connectivity index (χ1n) is 39.3. The van der Waals surface area contributed by atoms with Gasteiger partial charge < -0.3 is 0 Å². The standard InChI is InChI=1S/C110H74N4/c1-109(2)99-52-21-19-48-91(99)97-65-95(89-50-26-34-72-28-15-17-46-87(72)89)93(67-101(97)109)74-56-54-71(55-57-74)79-36-23-39-82(62-79)105-70-106(114-107(113-105)78-32-9-4-10-33-78)83-40-24-37-80(63-83)81-38-25-41-84(64-81)108-111-103(76-30-7-3-8-31-76)69-104(112-108)77-60-58-75(59-61-77)94-68-102-98(66-96(94)90-51-27-35-73-29-16-18-47-88(73)90)92-49-20-22-53-100(92)110(102,85-42-11-5-12-43-85)86-44-13-6-14-45-86/h3-70H,1-2H3. The van der Waals surface area contributed by atoms with Gasteiger partial charge in [0.1, 0.15) is 0 Å². The van der Waals surface area contributed by atoms with Crippen LogP contribution in [0.25, 0.3) is 178 Å². The first kappa shape index (κ1) is 67.5. The molecule has 2 aliphatic carbocycles. The Hall–Kier alpha value is -14.6. The van der Waals surface area contributed by atoms with Gasteiger partial charge in [-0.05, 0) is 199 Å². The van der Waals surface area contributed by atoms with Crippen molar-refractivity contribution in [3.8, 4) is 157 Å². The van der Waals surface area contributed by atoms with Crippen molar-refractivity contribution >= 4 is 21.5 Å². The van der Waals surface area contributed by atoms with Crippen LogP contribution in [0.2, 0.25) is 0 Å². The van der Waals surface area contributed by atoms with Crippen LogP contribution < -0.4 is 0 Å². The highest BCUT2D eigenvalue weighted by Gasteiger charge is 2.47. The van der Waals surface area contributed by atoms with E-state index in [-0.39, 0.29) is 5.41 Å². The molecule has 0 spiro atoms. The molecule has 0 N–H and O–H groups in total. The maximum atomic E-state index is 5.49. The number of hydrogen-bond acceptors (Lipinski definition) is 4. The van der Waals surface area contributed by atoms with Crippen LogP contribution in [0.15, 0.2) is 413 Å². The zero-order chi connectivity index (χ0) is 75.9. The van der Waals surface area contributed by atoms with Gasteiger partial charge in [-0.25, -0.2) is 19.9 Å². The van der Waals surface area contributed by atoms with Gasteiger partial charge in [-0.15, -0.1) is 0 Å². The minimum absolute atomic E-state index is 0.150. The van der Waals surface area contributed by atoms with E-state index in [1.54, 1.807) is 0 Å². The molecule has 0 aliphatic heterocycles. The van der Waals surface area contributed by atoms with Gasteiger partial charge in [0.25, 0.3) is 0 Å². The molecule has 0 saturated carbocycles. The van der Waals surface area contributed by atoms with Gasteiger partial charge in [-0.2, -0.15) is 0 Å². The fourth-order valence-electron chi connectivity index (χ4n) is 18.2. The highest BCUT2D eigenvalue weighted by molar-refractivity contribution is 6.05. The van der Waals surface area contributed by atoms with Crippen LogP contribution in [0.3, 0.4) is 0 Å². The fraction of sp³-hybridized carbons (Fsp3) is 0.0364. The van der Waals surface area contributed by atoms with Gasteiger partial charge in [0.15, 0.2) is 11.6 Å². The lowest BCUT2D eigenvalue weighted by Gasteiger charge is -2.34. The average Bonchev–Trinajstić information content (AvgIpc) is 1.53. The van der Waals surface area contributed by atoms with E-state index in [0.29, 0.717) is 11.6 Å². The third kappa shape index (κ3) is 11.6. The van der Waals surface area contributed by atoms with Gasteiger partial charge in [0, 0.05) is 38.8 Å². The summed E-state index contributed by atoms with van der Waals surface area (Å²) in [5.41, 5.74) is 35.1. The molecule has 2 aliphatic rings. The molecular weight excluding hydrogens is 1380 g/mol. The molecule has 4 nitrogen and oxygen atoms in total. The quantitative estimate of drug-likeness (QED) is 0.109. The maximum Gasteiger partial charge on any atom is 0.160 e. The summed E-state index contributed by atoms with van der Waals surface area (Å²) in [5, 5.41) is 4.89. The molecule has 0 radical (unpaired) electrons. The van der Waals surface area contributed by atoms with E-state index in [1.807, 2.05) is 18.2 Å². The van der Waals surface area contributed by atoms with Crippen molar-refractivity contribution in [3.63, 3.8) is 0 Å². The van der Waals surface area contributed by atoms with Crippen molar-refractivity contribution < 1.29 is 0 Å². The van der Waals surface area contributed by atoms with Crippen LogP contribution in [0.1, 0.15) is 47.2 Å². The molecule has 4 heteroatoms. The molecule has 0 atom stereocenters. The molecule has 534 valence electrons. The first-order valence-corrected chi connectivity index (χ1v) is 39.3. The second-order valence-corrected chi connectivity index (χ2v) is 30.7. The van der Waals surface area contributed by atoms with Crippen molar-refractivity contribution in [1.82, 2.24) is 19.9 Å². The largest absolute Gasteiger partial charge is 0.228 e. The Bertz CT molecular complexity index is 6920. The van der Waals surface area contributed by atoms with E-state index in [4.69, 9.17) is 19.9 Å². The van der Waals surface area contributed by atoms with Crippen molar-refractivity contribution in [2.24, 2.45) is 0 Å². The van der Waals surface area contributed by atoms with E-state index in [9.17, 15) is 0 Å². The van der Waals surface area contributed by atoms with Gasteiger partial charge in [-0.1, -0.05) is 372 Å². The summed E-state index contributed by atoms with van der Waals surface area (Å²) >= 11 is 0. The summed E-state index contributed by atoms with van der Waals surface area (Å²) in [7, 11) is 0. The fourth-order valence-corrected chi connectivity index (χ4v) is 18.2. The molecule has 19 aromatic rings. The summed E-state index contributed by atoms with van der Waals surface area (Å²) in [6.07, 6.45) is 0. The molecule has 0 saturated heterocycles. The van der Waals surface area contributed by atoms with Crippen LogP contribution in [0.5, 0.6) is 0 Å². The highest BCUT2D eigenvalue weighted by atomic mass is 14.9. The van der Waals surface area contributed by atoms with Crippen LogP contribution in [0, 0.1) is 0 Å². The number of aromatic nitrogens is 4. The summed E-state index contributed by atoms with van der Waals surface area (Å²) < 4.78 is 0. The number of fused-ring (bicyclic) bond motifs is 8. The Kier molecular flexibility index (Phi) is 16.4. The third-order valence-electron chi connectivity index (χ3n) is 23.8. The van der Waals surface area contributed by atoms with Gasteiger partial charge in [0.05, 0.1) is 28.2 Å². The lowest BCUT2D eigenvalue weighted by atomic mass is 9.67.